The van der Waals surface area contributed by atoms with E-state index in [1.807, 2.05) is 6.08 Å². The smallest absolute Gasteiger partial charge is 0.222 e. The first-order chi connectivity index (χ1) is 24.0. The standard InChI is InChI=1S/C44H81NO4/c1-3-5-7-9-11-13-15-17-19-20-21-22-24-25-27-29-31-33-35-37-41(47)39-44(49)45-42(40-46)43(48)38-36-34-32-30-28-26-23-18-16-14-12-10-8-6-4-2/h16,18,22,24,28,30,36,38,41-43,46-48H,3-15,17,19-21,23,25-27,29,31-35,37,39-40H2,1-2H3,(H,45,49)/b18-16+,24-22-,30-28+,38-36+. The van der Waals surface area contributed by atoms with Gasteiger partial charge in [0.1, 0.15) is 0 Å². The number of nitrogens with one attached hydrogen (secondary N) is 1. The summed E-state index contributed by atoms with van der Waals surface area (Å²) in [6.07, 6.45) is 49.6. The Hall–Kier alpha value is -1.69. The van der Waals surface area contributed by atoms with E-state index in [-0.39, 0.29) is 18.9 Å². The second-order valence-electron chi connectivity index (χ2n) is 14.2. The SMILES string of the molecule is CCCCCCC/C=C/CC/C=C/CC/C=C/C(O)C(CO)NC(=O)CC(O)CCCCCCC/C=C\CCCCCCCCCCCC. The van der Waals surface area contributed by atoms with E-state index in [2.05, 4.69) is 55.6 Å². The topological polar surface area (TPSA) is 89.8 Å². The summed E-state index contributed by atoms with van der Waals surface area (Å²) in [6.45, 7) is 4.17. The maximum absolute atomic E-state index is 12.4. The Morgan fingerprint density at radius 3 is 1.31 bits per heavy atom. The summed E-state index contributed by atoms with van der Waals surface area (Å²) >= 11 is 0. The van der Waals surface area contributed by atoms with Gasteiger partial charge in [-0.15, -0.1) is 0 Å². The molecule has 0 aromatic carbocycles. The second kappa shape index (κ2) is 39.1. The summed E-state index contributed by atoms with van der Waals surface area (Å²) in [4.78, 5) is 12.4. The second-order valence-corrected chi connectivity index (χ2v) is 14.2. The van der Waals surface area contributed by atoms with Gasteiger partial charge < -0.3 is 20.6 Å². The highest BCUT2D eigenvalue weighted by atomic mass is 16.3. The largest absolute Gasteiger partial charge is 0.394 e. The third kappa shape index (κ3) is 35.9. The van der Waals surface area contributed by atoms with E-state index < -0.39 is 18.2 Å². The fraction of sp³-hybridized carbons (Fsp3) is 0.795. The molecule has 49 heavy (non-hydrogen) atoms. The number of aliphatic hydroxyl groups excluding tert-OH is 3. The van der Waals surface area contributed by atoms with E-state index in [4.69, 9.17) is 0 Å². The van der Waals surface area contributed by atoms with Gasteiger partial charge in [-0.1, -0.05) is 172 Å². The molecule has 5 nitrogen and oxygen atoms in total. The van der Waals surface area contributed by atoms with Gasteiger partial charge in [-0.3, -0.25) is 4.79 Å². The predicted molar refractivity (Wildman–Crippen MR) is 213 cm³/mol. The normalized spacial score (nSPS) is 14.1. The molecule has 3 atom stereocenters. The van der Waals surface area contributed by atoms with Gasteiger partial charge in [0.05, 0.1) is 31.3 Å². The Bertz CT molecular complexity index is 805. The average Bonchev–Trinajstić information content (AvgIpc) is 3.09. The molecule has 0 radical (unpaired) electrons. The lowest BCUT2D eigenvalue weighted by Crippen LogP contribution is -2.45. The van der Waals surface area contributed by atoms with Crippen molar-refractivity contribution in [1.82, 2.24) is 5.32 Å². The Kier molecular flexibility index (Phi) is 37.8. The fourth-order valence-corrected chi connectivity index (χ4v) is 6.07. The van der Waals surface area contributed by atoms with Crippen molar-refractivity contribution in [2.75, 3.05) is 6.61 Å². The quantitative estimate of drug-likeness (QED) is 0.0386. The lowest BCUT2D eigenvalue weighted by Gasteiger charge is -2.20. The van der Waals surface area contributed by atoms with Crippen molar-refractivity contribution in [2.45, 2.75) is 218 Å². The first kappa shape index (κ1) is 47.3. The molecular formula is C44H81NO4. The molecule has 5 heteroatoms. The van der Waals surface area contributed by atoms with Gasteiger partial charge in [-0.05, 0) is 70.6 Å². The zero-order valence-electron chi connectivity index (χ0n) is 32.3. The molecule has 4 N–H and O–H groups in total. The molecule has 0 spiro atoms. The predicted octanol–water partition coefficient (Wildman–Crippen LogP) is 11.8. The molecular weight excluding hydrogens is 606 g/mol. The van der Waals surface area contributed by atoms with Crippen molar-refractivity contribution >= 4 is 5.91 Å². The van der Waals surface area contributed by atoms with Crippen LogP contribution < -0.4 is 5.32 Å². The van der Waals surface area contributed by atoms with E-state index in [9.17, 15) is 20.1 Å². The molecule has 0 rings (SSSR count). The van der Waals surface area contributed by atoms with Crippen LogP contribution >= 0.6 is 0 Å². The molecule has 0 aromatic rings. The van der Waals surface area contributed by atoms with Crippen LogP contribution in [0.4, 0.5) is 0 Å². The van der Waals surface area contributed by atoms with E-state index in [0.717, 1.165) is 51.4 Å². The van der Waals surface area contributed by atoms with Crippen molar-refractivity contribution in [3.8, 4) is 0 Å². The molecule has 3 unspecified atom stereocenters. The molecule has 0 saturated heterocycles. The van der Waals surface area contributed by atoms with Crippen LogP contribution in [0.5, 0.6) is 0 Å². The van der Waals surface area contributed by atoms with Crippen LogP contribution in [0.2, 0.25) is 0 Å². The van der Waals surface area contributed by atoms with Gasteiger partial charge in [0.15, 0.2) is 0 Å². The van der Waals surface area contributed by atoms with Gasteiger partial charge in [0, 0.05) is 0 Å². The molecule has 0 fully saturated rings. The van der Waals surface area contributed by atoms with Crippen LogP contribution in [0.3, 0.4) is 0 Å². The summed E-state index contributed by atoms with van der Waals surface area (Å²) < 4.78 is 0. The lowest BCUT2D eigenvalue weighted by atomic mass is 10.0. The van der Waals surface area contributed by atoms with Crippen LogP contribution in [0.15, 0.2) is 48.6 Å². The lowest BCUT2D eigenvalue weighted by molar-refractivity contribution is -0.124. The first-order valence-corrected chi connectivity index (χ1v) is 20.9. The number of rotatable bonds is 37. The zero-order chi connectivity index (χ0) is 35.9. The summed E-state index contributed by atoms with van der Waals surface area (Å²) in [7, 11) is 0. The van der Waals surface area contributed by atoms with Gasteiger partial charge in [0.25, 0.3) is 0 Å². The summed E-state index contributed by atoms with van der Waals surface area (Å²) in [6, 6.07) is -0.770. The summed E-state index contributed by atoms with van der Waals surface area (Å²) in [5.74, 6) is -0.336. The Morgan fingerprint density at radius 1 is 0.510 bits per heavy atom. The highest BCUT2D eigenvalue weighted by molar-refractivity contribution is 5.76. The molecule has 0 bridgehead atoms. The van der Waals surface area contributed by atoms with Gasteiger partial charge >= 0.3 is 0 Å². The highest BCUT2D eigenvalue weighted by Crippen LogP contribution is 2.13. The van der Waals surface area contributed by atoms with E-state index in [0.29, 0.717) is 6.42 Å². The zero-order valence-corrected chi connectivity index (χ0v) is 32.3. The number of amides is 1. The Morgan fingerprint density at radius 2 is 0.878 bits per heavy atom. The van der Waals surface area contributed by atoms with Crippen molar-refractivity contribution < 1.29 is 20.1 Å². The molecule has 0 aliphatic carbocycles. The van der Waals surface area contributed by atoms with Crippen molar-refractivity contribution in [3.05, 3.63) is 48.6 Å². The van der Waals surface area contributed by atoms with E-state index in [1.165, 1.54) is 122 Å². The number of aliphatic hydroxyl groups is 3. The Labute approximate surface area is 304 Å². The Balaban J connectivity index is 3.76. The number of allylic oxidation sites excluding steroid dienone is 7. The van der Waals surface area contributed by atoms with Crippen LogP contribution in [0.25, 0.3) is 0 Å². The van der Waals surface area contributed by atoms with E-state index >= 15 is 0 Å². The minimum atomic E-state index is -0.961. The molecule has 0 heterocycles. The number of carbonyl (C=O) groups excluding carboxylic acids is 1. The fourth-order valence-electron chi connectivity index (χ4n) is 6.07. The van der Waals surface area contributed by atoms with Crippen molar-refractivity contribution in [3.63, 3.8) is 0 Å². The van der Waals surface area contributed by atoms with Crippen molar-refractivity contribution in [2.24, 2.45) is 0 Å². The van der Waals surface area contributed by atoms with Gasteiger partial charge in [0.2, 0.25) is 5.91 Å². The number of hydrogen-bond donors (Lipinski definition) is 4. The molecule has 0 saturated carbocycles. The number of hydrogen-bond acceptors (Lipinski definition) is 4. The van der Waals surface area contributed by atoms with Crippen LogP contribution in [-0.4, -0.2) is 46.1 Å². The molecule has 0 aliphatic heterocycles. The van der Waals surface area contributed by atoms with Gasteiger partial charge in [-0.2, -0.15) is 0 Å². The molecule has 286 valence electrons. The van der Waals surface area contributed by atoms with Crippen molar-refractivity contribution in [1.29, 1.82) is 0 Å². The minimum Gasteiger partial charge on any atom is -0.394 e. The van der Waals surface area contributed by atoms with Crippen LogP contribution in [0, 0.1) is 0 Å². The molecule has 1 amide bonds. The third-order valence-corrected chi connectivity index (χ3v) is 9.32. The molecule has 0 aromatic heterocycles. The maximum atomic E-state index is 12.4. The highest BCUT2D eigenvalue weighted by Gasteiger charge is 2.20. The molecule has 0 aliphatic rings. The summed E-state index contributed by atoms with van der Waals surface area (Å²) in [5, 5.41) is 33.1. The van der Waals surface area contributed by atoms with E-state index in [1.54, 1.807) is 6.08 Å². The van der Waals surface area contributed by atoms with Gasteiger partial charge in [-0.25, -0.2) is 0 Å². The minimum absolute atomic E-state index is 0.00425. The first-order valence-electron chi connectivity index (χ1n) is 20.9. The maximum Gasteiger partial charge on any atom is 0.222 e. The number of unbranched alkanes of at least 4 members (excludes halogenated alkanes) is 22. The third-order valence-electron chi connectivity index (χ3n) is 9.32. The summed E-state index contributed by atoms with van der Waals surface area (Å²) in [5.41, 5.74) is 0. The average molecular weight is 688 g/mol. The van der Waals surface area contributed by atoms with Crippen LogP contribution in [-0.2, 0) is 4.79 Å². The van der Waals surface area contributed by atoms with Crippen LogP contribution in [0.1, 0.15) is 200 Å². The monoisotopic (exact) mass is 688 g/mol. The number of carbonyl (C=O) groups is 1.